The lowest BCUT2D eigenvalue weighted by Gasteiger charge is -2.21. The Morgan fingerprint density at radius 3 is 2.48 bits per heavy atom. The molecule has 0 aliphatic rings. The lowest BCUT2D eigenvalue weighted by Crippen LogP contribution is -2.25. The van der Waals surface area contributed by atoms with Crippen LogP contribution in [-0.4, -0.2) is 29.8 Å². The predicted molar refractivity (Wildman–Crippen MR) is 100 cm³/mol. The van der Waals surface area contributed by atoms with Gasteiger partial charge in [-0.1, -0.05) is 11.3 Å². The molecule has 0 radical (unpaired) electrons. The predicted octanol–water partition coefficient (Wildman–Crippen LogP) is 5.55. The molecule has 1 aromatic heterocycles. The standard InChI is InChI=1S/C18H17F3N4OS/c1-2-25(9-10-26)14-6-4-13(5-7-14)23-24-17-22-15-8-3-12(18(19,20)21)11-16(15)27-17/h3-8,11,26H,2,9-10H2,1H3. The highest BCUT2D eigenvalue weighted by molar-refractivity contribution is 7.21. The largest absolute Gasteiger partial charge is 0.416 e. The average Bonchev–Trinajstić information content (AvgIpc) is 3.06. The maximum Gasteiger partial charge on any atom is 0.416 e. The third kappa shape index (κ3) is 4.61. The molecule has 0 bridgehead atoms. The number of hydrogen-bond donors (Lipinski definition) is 1. The van der Waals surface area contributed by atoms with E-state index in [1.807, 2.05) is 24.0 Å². The van der Waals surface area contributed by atoms with E-state index in [4.69, 9.17) is 5.11 Å². The van der Waals surface area contributed by atoms with Crippen molar-refractivity contribution in [2.24, 2.45) is 10.2 Å². The van der Waals surface area contributed by atoms with Gasteiger partial charge in [0.2, 0.25) is 5.13 Å². The van der Waals surface area contributed by atoms with Gasteiger partial charge in [-0.3, -0.25) is 0 Å². The van der Waals surface area contributed by atoms with Crippen molar-refractivity contribution < 1.29 is 18.3 Å². The van der Waals surface area contributed by atoms with Crippen molar-refractivity contribution in [1.82, 2.24) is 4.98 Å². The summed E-state index contributed by atoms with van der Waals surface area (Å²) < 4.78 is 38.8. The number of thiazole rings is 1. The van der Waals surface area contributed by atoms with Gasteiger partial charge in [-0.25, -0.2) is 4.98 Å². The fraction of sp³-hybridized carbons (Fsp3) is 0.278. The Morgan fingerprint density at radius 1 is 1.11 bits per heavy atom. The lowest BCUT2D eigenvalue weighted by atomic mass is 10.2. The van der Waals surface area contributed by atoms with Crippen LogP contribution in [0.25, 0.3) is 10.2 Å². The summed E-state index contributed by atoms with van der Waals surface area (Å²) in [6.07, 6.45) is -4.38. The summed E-state index contributed by atoms with van der Waals surface area (Å²) in [7, 11) is 0. The van der Waals surface area contributed by atoms with Crippen LogP contribution in [0.4, 0.5) is 29.7 Å². The van der Waals surface area contributed by atoms with E-state index in [0.29, 0.717) is 27.6 Å². The average molecular weight is 394 g/mol. The first-order chi connectivity index (χ1) is 12.9. The molecule has 0 fully saturated rings. The maximum atomic E-state index is 12.8. The number of hydrogen-bond acceptors (Lipinski definition) is 6. The van der Waals surface area contributed by atoms with E-state index < -0.39 is 11.7 Å². The fourth-order valence-corrected chi connectivity index (χ4v) is 3.38. The first-order valence-electron chi connectivity index (χ1n) is 8.26. The summed E-state index contributed by atoms with van der Waals surface area (Å²) >= 11 is 1.06. The monoisotopic (exact) mass is 394 g/mol. The highest BCUT2D eigenvalue weighted by Crippen LogP contribution is 2.35. The summed E-state index contributed by atoms with van der Waals surface area (Å²) in [4.78, 5) is 6.21. The molecule has 0 aliphatic carbocycles. The van der Waals surface area contributed by atoms with Crippen molar-refractivity contribution in [3.63, 3.8) is 0 Å². The van der Waals surface area contributed by atoms with Crippen LogP contribution in [0.15, 0.2) is 52.7 Å². The highest BCUT2D eigenvalue weighted by atomic mass is 32.1. The molecule has 142 valence electrons. The van der Waals surface area contributed by atoms with E-state index in [1.54, 1.807) is 12.1 Å². The summed E-state index contributed by atoms with van der Waals surface area (Å²) in [5, 5.41) is 17.5. The number of likely N-dealkylation sites (N-methyl/N-ethyl adjacent to an activating group) is 1. The number of azo groups is 1. The maximum absolute atomic E-state index is 12.8. The van der Waals surface area contributed by atoms with Crippen LogP contribution in [0.3, 0.4) is 0 Å². The number of alkyl halides is 3. The Hall–Kier alpha value is -2.52. The zero-order chi connectivity index (χ0) is 19.4. The Kier molecular flexibility index (Phi) is 5.71. The van der Waals surface area contributed by atoms with Crippen LogP contribution >= 0.6 is 11.3 Å². The smallest absolute Gasteiger partial charge is 0.395 e. The van der Waals surface area contributed by atoms with Crippen LogP contribution in [0.5, 0.6) is 0 Å². The number of nitrogens with zero attached hydrogens (tertiary/aromatic N) is 4. The molecule has 3 rings (SSSR count). The zero-order valence-electron chi connectivity index (χ0n) is 14.4. The number of halogens is 3. The number of aliphatic hydroxyl groups excluding tert-OH is 1. The van der Waals surface area contributed by atoms with Crippen molar-refractivity contribution in [3.05, 3.63) is 48.0 Å². The molecule has 3 aromatic rings. The van der Waals surface area contributed by atoms with Crippen LogP contribution in [0.1, 0.15) is 12.5 Å². The Balaban J connectivity index is 1.77. The quantitative estimate of drug-likeness (QED) is 0.558. The molecule has 0 amide bonds. The summed E-state index contributed by atoms with van der Waals surface area (Å²) in [5.74, 6) is 0. The highest BCUT2D eigenvalue weighted by Gasteiger charge is 2.30. The van der Waals surface area contributed by atoms with Gasteiger partial charge in [-0.2, -0.15) is 13.2 Å². The minimum atomic E-state index is -4.38. The summed E-state index contributed by atoms with van der Waals surface area (Å²) in [5.41, 5.74) is 1.32. The van der Waals surface area contributed by atoms with E-state index >= 15 is 0 Å². The van der Waals surface area contributed by atoms with E-state index in [-0.39, 0.29) is 6.61 Å². The molecule has 1 heterocycles. The molecule has 0 aliphatic heterocycles. The molecule has 0 saturated heterocycles. The van der Waals surface area contributed by atoms with Gasteiger partial charge in [0, 0.05) is 18.8 Å². The van der Waals surface area contributed by atoms with Crippen LogP contribution < -0.4 is 4.90 Å². The Morgan fingerprint density at radius 2 is 1.85 bits per heavy atom. The van der Waals surface area contributed by atoms with Gasteiger partial charge in [-0.05, 0) is 49.4 Å². The first-order valence-corrected chi connectivity index (χ1v) is 9.07. The number of fused-ring (bicyclic) bond motifs is 1. The van der Waals surface area contributed by atoms with Gasteiger partial charge in [0.05, 0.1) is 28.1 Å². The van der Waals surface area contributed by atoms with E-state index in [2.05, 4.69) is 15.2 Å². The third-order valence-corrected chi connectivity index (χ3v) is 4.82. The molecule has 5 nitrogen and oxygen atoms in total. The van der Waals surface area contributed by atoms with Gasteiger partial charge >= 0.3 is 6.18 Å². The van der Waals surface area contributed by atoms with E-state index in [1.165, 1.54) is 6.07 Å². The zero-order valence-corrected chi connectivity index (χ0v) is 15.3. The van der Waals surface area contributed by atoms with Gasteiger partial charge < -0.3 is 10.0 Å². The van der Waals surface area contributed by atoms with E-state index in [9.17, 15) is 13.2 Å². The second-order valence-corrected chi connectivity index (χ2v) is 6.71. The minimum absolute atomic E-state index is 0.0724. The van der Waals surface area contributed by atoms with Gasteiger partial charge in [0.15, 0.2) is 0 Å². The molecule has 0 atom stereocenters. The molecule has 2 aromatic carbocycles. The van der Waals surface area contributed by atoms with Crippen molar-refractivity contribution in [3.8, 4) is 0 Å². The lowest BCUT2D eigenvalue weighted by molar-refractivity contribution is -0.137. The molecule has 27 heavy (non-hydrogen) atoms. The van der Waals surface area contributed by atoms with Gasteiger partial charge in [0.1, 0.15) is 0 Å². The Labute approximate surface area is 157 Å². The van der Waals surface area contributed by atoms with Gasteiger partial charge in [0.25, 0.3) is 0 Å². The van der Waals surface area contributed by atoms with Crippen LogP contribution in [0.2, 0.25) is 0 Å². The van der Waals surface area contributed by atoms with Crippen LogP contribution in [0, 0.1) is 0 Å². The third-order valence-electron chi connectivity index (χ3n) is 3.92. The minimum Gasteiger partial charge on any atom is -0.395 e. The summed E-state index contributed by atoms with van der Waals surface area (Å²) in [6.45, 7) is 3.39. The topological polar surface area (TPSA) is 61.1 Å². The molecule has 1 N–H and O–H groups in total. The SMILES string of the molecule is CCN(CCO)c1ccc(N=Nc2nc3ccc(C(F)(F)F)cc3s2)cc1. The van der Waals surface area contributed by atoms with Crippen molar-refractivity contribution in [2.75, 3.05) is 24.6 Å². The molecule has 0 unspecified atom stereocenters. The number of rotatable bonds is 6. The molecular weight excluding hydrogens is 377 g/mol. The van der Waals surface area contributed by atoms with Crippen molar-refractivity contribution in [1.29, 1.82) is 0 Å². The number of aliphatic hydroxyl groups is 1. The van der Waals surface area contributed by atoms with Crippen molar-refractivity contribution in [2.45, 2.75) is 13.1 Å². The fourth-order valence-electron chi connectivity index (χ4n) is 2.55. The second kappa shape index (κ2) is 8.01. The second-order valence-electron chi connectivity index (χ2n) is 5.70. The Bertz CT molecular complexity index is 938. The summed E-state index contributed by atoms with van der Waals surface area (Å²) in [6, 6.07) is 10.7. The number of anilines is 1. The number of benzene rings is 2. The number of aromatic nitrogens is 1. The molecule has 0 spiro atoms. The molecule has 9 heteroatoms. The normalized spacial score (nSPS) is 12.2. The van der Waals surface area contributed by atoms with E-state index in [0.717, 1.165) is 35.7 Å². The van der Waals surface area contributed by atoms with Crippen molar-refractivity contribution >= 4 is 38.1 Å². The molecular formula is C18H17F3N4OS. The van der Waals surface area contributed by atoms with Gasteiger partial charge in [-0.15, -0.1) is 10.2 Å². The first kappa shape index (κ1) is 19.2. The molecule has 0 saturated carbocycles. The van der Waals surface area contributed by atoms with Crippen LogP contribution in [-0.2, 0) is 6.18 Å².